The summed E-state index contributed by atoms with van der Waals surface area (Å²) in [7, 11) is 0. The second-order valence-corrected chi connectivity index (χ2v) is 9.47. The van der Waals surface area contributed by atoms with Crippen LogP contribution in [0.5, 0.6) is 5.75 Å². The Labute approximate surface area is 196 Å². The highest BCUT2D eigenvalue weighted by atomic mass is 32.1. The lowest BCUT2D eigenvalue weighted by Crippen LogP contribution is -2.45. The first kappa shape index (κ1) is 21.9. The summed E-state index contributed by atoms with van der Waals surface area (Å²) in [6.07, 6.45) is 1.01. The van der Waals surface area contributed by atoms with Crippen LogP contribution in [-0.4, -0.2) is 58.7 Å². The van der Waals surface area contributed by atoms with Gasteiger partial charge in [-0.05, 0) is 34.9 Å². The summed E-state index contributed by atoms with van der Waals surface area (Å²) in [5.41, 5.74) is 3.49. The Kier molecular flexibility index (Phi) is 6.61. The molecule has 2 aliphatic heterocycles. The number of nitrogens with one attached hydrogen (secondary N) is 1. The van der Waals surface area contributed by atoms with Crippen molar-refractivity contribution in [2.45, 2.75) is 26.1 Å². The van der Waals surface area contributed by atoms with Crippen LogP contribution >= 0.6 is 11.3 Å². The fourth-order valence-corrected chi connectivity index (χ4v) is 4.96. The summed E-state index contributed by atoms with van der Waals surface area (Å²) in [5, 5.41) is 12.3. The Morgan fingerprint density at radius 1 is 1.00 bits per heavy atom. The van der Waals surface area contributed by atoms with Gasteiger partial charge in [0.2, 0.25) is 5.01 Å². The summed E-state index contributed by atoms with van der Waals surface area (Å²) in [6, 6.07) is 12.6. The maximum absolute atomic E-state index is 13.0. The largest absolute Gasteiger partial charge is 0.493 e. The molecule has 0 spiro atoms. The fraction of sp³-hybridized carbons (Fsp3) is 0.375. The van der Waals surface area contributed by atoms with Crippen molar-refractivity contribution < 1.29 is 13.9 Å². The molecule has 9 heteroatoms. The van der Waals surface area contributed by atoms with Crippen LogP contribution in [-0.2, 0) is 26.1 Å². The van der Waals surface area contributed by atoms with Gasteiger partial charge in [0.15, 0.2) is 0 Å². The van der Waals surface area contributed by atoms with Crippen LogP contribution in [0, 0.1) is 5.82 Å². The number of amides is 1. The van der Waals surface area contributed by atoms with Crippen molar-refractivity contribution in [2.24, 2.45) is 0 Å². The number of aromatic nitrogens is 2. The van der Waals surface area contributed by atoms with Gasteiger partial charge in [0.1, 0.15) is 16.6 Å². The summed E-state index contributed by atoms with van der Waals surface area (Å²) in [5.74, 6) is 0.481. The van der Waals surface area contributed by atoms with Gasteiger partial charge >= 0.3 is 0 Å². The van der Waals surface area contributed by atoms with E-state index in [-0.39, 0.29) is 11.7 Å². The van der Waals surface area contributed by atoms with Crippen molar-refractivity contribution in [1.29, 1.82) is 0 Å². The van der Waals surface area contributed by atoms with Crippen molar-refractivity contribution in [3.63, 3.8) is 0 Å². The molecule has 0 atom stereocenters. The third-order valence-electron chi connectivity index (χ3n) is 6.01. The molecule has 0 radical (unpaired) electrons. The van der Waals surface area contributed by atoms with Crippen molar-refractivity contribution in [3.8, 4) is 5.75 Å². The predicted molar refractivity (Wildman–Crippen MR) is 124 cm³/mol. The molecule has 33 heavy (non-hydrogen) atoms. The van der Waals surface area contributed by atoms with Crippen LogP contribution in [0.2, 0.25) is 0 Å². The number of halogens is 1. The standard InChI is InChI=1S/C24H26FN5O2S/c25-20-4-1-17(2-5-20)14-26-23(31)24-28-27-22(33-24)16-30-10-8-29(9-11-30)15-18-3-6-21-19(13-18)7-12-32-21/h1-6,13H,7-12,14-16H2,(H,26,31). The number of rotatable bonds is 7. The number of carbonyl (C=O) groups is 1. The highest BCUT2D eigenvalue weighted by molar-refractivity contribution is 7.13. The number of hydrogen-bond acceptors (Lipinski definition) is 7. The molecular formula is C24H26FN5O2S. The quantitative estimate of drug-likeness (QED) is 0.576. The lowest BCUT2D eigenvalue weighted by molar-refractivity contribution is 0.0950. The zero-order valence-electron chi connectivity index (χ0n) is 18.3. The van der Waals surface area contributed by atoms with E-state index >= 15 is 0 Å². The van der Waals surface area contributed by atoms with E-state index in [1.807, 2.05) is 0 Å². The third-order valence-corrected chi connectivity index (χ3v) is 6.92. The van der Waals surface area contributed by atoms with Gasteiger partial charge < -0.3 is 10.1 Å². The SMILES string of the molecule is O=C(NCc1ccc(F)cc1)c1nnc(CN2CCN(Cc3ccc4c(c3)CCO4)CC2)s1. The van der Waals surface area contributed by atoms with Gasteiger partial charge in [-0.15, -0.1) is 10.2 Å². The van der Waals surface area contributed by atoms with Crippen LogP contribution in [0.3, 0.4) is 0 Å². The molecule has 0 unspecified atom stereocenters. The molecule has 3 aromatic rings. The highest BCUT2D eigenvalue weighted by Gasteiger charge is 2.20. The number of ether oxygens (including phenoxy) is 1. The maximum Gasteiger partial charge on any atom is 0.282 e. The van der Waals surface area contributed by atoms with Crippen molar-refractivity contribution in [1.82, 2.24) is 25.3 Å². The van der Waals surface area contributed by atoms with Gasteiger partial charge in [-0.2, -0.15) is 0 Å². The Morgan fingerprint density at radius 3 is 2.52 bits per heavy atom. The number of hydrogen-bond donors (Lipinski definition) is 1. The summed E-state index contributed by atoms with van der Waals surface area (Å²) in [4.78, 5) is 17.2. The zero-order valence-corrected chi connectivity index (χ0v) is 19.1. The molecule has 1 amide bonds. The van der Waals surface area contributed by atoms with Crippen LogP contribution in [0.1, 0.15) is 31.5 Å². The van der Waals surface area contributed by atoms with Gasteiger partial charge in [0, 0.05) is 45.7 Å². The average molecular weight is 468 g/mol. The molecule has 0 bridgehead atoms. The van der Waals surface area contributed by atoms with Gasteiger partial charge in [0.05, 0.1) is 13.2 Å². The van der Waals surface area contributed by atoms with E-state index < -0.39 is 0 Å². The van der Waals surface area contributed by atoms with Crippen LogP contribution in [0.15, 0.2) is 42.5 Å². The smallest absolute Gasteiger partial charge is 0.282 e. The predicted octanol–water partition coefficient (Wildman–Crippen LogP) is 2.86. The Bertz CT molecular complexity index is 1110. The third kappa shape index (κ3) is 5.55. The minimum atomic E-state index is -0.294. The van der Waals surface area contributed by atoms with E-state index in [0.717, 1.165) is 62.1 Å². The number of fused-ring (bicyclic) bond motifs is 1. The molecule has 0 aliphatic carbocycles. The molecular weight excluding hydrogens is 441 g/mol. The Balaban J connectivity index is 1.07. The second kappa shape index (κ2) is 9.94. The van der Waals surface area contributed by atoms with E-state index in [2.05, 4.69) is 43.5 Å². The second-order valence-electron chi connectivity index (χ2n) is 8.40. The lowest BCUT2D eigenvalue weighted by atomic mass is 10.1. The van der Waals surface area contributed by atoms with E-state index in [9.17, 15) is 9.18 Å². The Hall–Kier alpha value is -2.88. The topological polar surface area (TPSA) is 70.6 Å². The van der Waals surface area contributed by atoms with Gasteiger partial charge in [-0.3, -0.25) is 14.6 Å². The molecule has 1 fully saturated rings. The van der Waals surface area contributed by atoms with Gasteiger partial charge in [0.25, 0.3) is 5.91 Å². The molecule has 172 valence electrons. The number of piperazine rings is 1. The van der Waals surface area contributed by atoms with Crippen molar-refractivity contribution in [2.75, 3.05) is 32.8 Å². The molecule has 5 rings (SSSR count). The van der Waals surface area contributed by atoms with E-state index in [1.54, 1.807) is 12.1 Å². The lowest BCUT2D eigenvalue weighted by Gasteiger charge is -2.34. The van der Waals surface area contributed by atoms with E-state index in [1.165, 1.54) is 34.6 Å². The van der Waals surface area contributed by atoms with Crippen LogP contribution in [0.4, 0.5) is 4.39 Å². The van der Waals surface area contributed by atoms with Crippen molar-refractivity contribution in [3.05, 3.63) is 75.0 Å². The molecule has 2 aromatic carbocycles. The van der Waals surface area contributed by atoms with Crippen LogP contribution < -0.4 is 10.1 Å². The molecule has 2 aliphatic rings. The summed E-state index contributed by atoms with van der Waals surface area (Å²) >= 11 is 1.33. The molecule has 1 saturated heterocycles. The van der Waals surface area contributed by atoms with Crippen molar-refractivity contribution >= 4 is 17.2 Å². The van der Waals surface area contributed by atoms with E-state index in [0.29, 0.717) is 18.1 Å². The van der Waals surface area contributed by atoms with Gasteiger partial charge in [-0.1, -0.05) is 35.6 Å². The first-order valence-electron chi connectivity index (χ1n) is 11.2. The Morgan fingerprint density at radius 2 is 1.73 bits per heavy atom. The van der Waals surface area contributed by atoms with E-state index in [4.69, 9.17) is 4.74 Å². The van der Waals surface area contributed by atoms with Crippen LogP contribution in [0.25, 0.3) is 0 Å². The molecule has 0 saturated carbocycles. The minimum Gasteiger partial charge on any atom is -0.493 e. The number of nitrogens with zero attached hydrogens (tertiary/aromatic N) is 4. The average Bonchev–Trinajstić information content (AvgIpc) is 3.49. The first-order valence-corrected chi connectivity index (χ1v) is 12.0. The highest BCUT2D eigenvalue weighted by Crippen LogP contribution is 2.26. The molecule has 1 aromatic heterocycles. The normalized spacial score (nSPS) is 16.4. The zero-order chi connectivity index (χ0) is 22.6. The molecule has 7 nitrogen and oxygen atoms in total. The number of carbonyl (C=O) groups excluding carboxylic acids is 1. The minimum absolute atomic E-state index is 0.257. The summed E-state index contributed by atoms with van der Waals surface area (Å²) in [6.45, 7) is 6.69. The van der Waals surface area contributed by atoms with Gasteiger partial charge in [-0.25, -0.2) is 4.39 Å². The summed E-state index contributed by atoms with van der Waals surface area (Å²) < 4.78 is 18.6. The first-order chi connectivity index (χ1) is 16.1. The molecule has 3 heterocycles. The fourth-order valence-electron chi connectivity index (χ4n) is 4.16. The molecule has 1 N–H and O–H groups in total. The monoisotopic (exact) mass is 467 g/mol. The number of benzene rings is 2. The maximum atomic E-state index is 13.0.